The van der Waals surface area contributed by atoms with Crippen molar-refractivity contribution < 1.29 is 4.79 Å². The molecule has 1 amide bonds. The predicted octanol–water partition coefficient (Wildman–Crippen LogP) is 3.43. The van der Waals surface area contributed by atoms with Gasteiger partial charge in [-0.1, -0.05) is 18.7 Å². The summed E-state index contributed by atoms with van der Waals surface area (Å²) in [7, 11) is 0. The fourth-order valence-electron chi connectivity index (χ4n) is 2.75. The first-order valence-electron chi connectivity index (χ1n) is 9.32. The molecule has 0 aliphatic rings. The highest BCUT2D eigenvalue weighted by Gasteiger charge is 2.15. The van der Waals surface area contributed by atoms with Crippen molar-refractivity contribution in [2.45, 2.75) is 45.8 Å². The maximum absolute atomic E-state index is 11.8. The summed E-state index contributed by atoms with van der Waals surface area (Å²) in [4.78, 5) is 14.1. The van der Waals surface area contributed by atoms with Crippen LogP contribution in [0.3, 0.4) is 0 Å². The molecule has 0 spiro atoms. The number of carbonyl (C=O) groups is 1. The van der Waals surface area contributed by atoms with E-state index in [1.165, 1.54) is 17.4 Å². The molecule has 1 heterocycles. The van der Waals surface area contributed by atoms with E-state index in [9.17, 15) is 4.79 Å². The molecule has 26 heavy (non-hydrogen) atoms. The third-order valence-electron chi connectivity index (χ3n) is 4.19. The highest BCUT2D eigenvalue weighted by atomic mass is 32.2. The number of benzene rings is 1. The van der Waals surface area contributed by atoms with Crippen LogP contribution in [0.2, 0.25) is 0 Å². The van der Waals surface area contributed by atoms with Crippen molar-refractivity contribution in [1.82, 2.24) is 20.1 Å². The van der Waals surface area contributed by atoms with E-state index >= 15 is 0 Å². The van der Waals surface area contributed by atoms with E-state index in [1.54, 1.807) is 0 Å². The Labute approximate surface area is 160 Å². The molecule has 1 N–H and O–H groups in total. The third kappa shape index (κ3) is 5.00. The van der Waals surface area contributed by atoms with Crippen LogP contribution >= 0.6 is 11.8 Å². The minimum absolute atomic E-state index is 0.0348. The molecule has 1 aromatic heterocycles. The first-order valence-corrected chi connectivity index (χ1v) is 10.3. The van der Waals surface area contributed by atoms with Crippen LogP contribution in [0.4, 0.5) is 5.69 Å². The van der Waals surface area contributed by atoms with Gasteiger partial charge in [0.2, 0.25) is 5.91 Å². The molecule has 2 rings (SSSR count). The quantitative estimate of drug-likeness (QED) is 0.645. The van der Waals surface area contributed by atoms with E-state index in [2.05, 4.69) is 70.0 Å². The Hall–Kier alpha value is -2.02. The predicted molar refractivity (Wildman–Crippen MR) is 109 cm³/mol. The number of hydrogen-bond donors (Lipinski definition) is 1. The van der Waals surface area contributed by atoms with Gasteiger partial charge < -0.3 is 14.8 Å². The van der Waals surface area contributed by atoms with Gasteiger partial charge in [-0.25, -0.2) is 0 Å². The number of nitrogens with one attached hydrogen (secondary N) is 1. The van der Waals surface area contributed by atoms with E-state index in [4.69, 9.17) is 0 Å². The molecule has 2 aromatic rings. The molecule has 0 atom stereocenters. The maximum atomic E-state index is 11.8. The largest absolute Gasteiger partial charge is 0.372 e. The van der Waals surface area contributed by atoms with Crippen molar-refractivity contribution >= 4 is 23.4 Å². The van der Waals surface area contributed by atoms with Gasteiger partial charge in [-0.2, -0.15) is 0 Å². The van der Waals surface area contributed by atoms with Crippen molar-refractivity contribution in [1.29, 1.82) is 0 Å². The number of carbonyl (C=O) groups excluding carboxylic acids is 1. The van der Waals surface area contributed by atoms with E-state index in [1.807, 2.05) is 6.92 Å². The van der Waals surface area contributed by atoms with Crippen LogP contribution in [0.15, 0.2) is 29.4 Å². The standard InChI is InChI=1S/C19H29N5OS/c1-5-13-20-17(25)14-26-19-22-21-18(24(19)8-4)15-9-11-16(12-10-15)23(6-2)7-3/h9-12H,5-8,13-14H2,1-4H3,(H,20,25). The van der Waals surface area contributed by atoms with Crippen LogP contribution < -0.4 is 10.2 Å². The first-order chi connectivity index (χ1) is 12.6. The summed E-state index contributed by atoms with van der Waals surface area (Å²) >= 11 is 1.43. The fraction of sp³-hybridized carbons (Fsp3) is 0.526. The summed E-state index contributed by atoms with van der Waals surface area (Å²) in [5, 5.41) is 12.3. The highest BCUT2D eigenvalue weighted by molar-refractivity contribution is 7.99. The van der Waals surface area contributed by atoms with Crippen LogP contribution in [0.25, 0.3) is 11.4 Å². The van der Waals surface area contributed by atoms with Gasteiger partial charge in [0.25, 0.3) is 0 Å². The molecule has 6 nitrogen and oxygen atoms in total. The molecule has 0 bridgehead atoms. The summed E-state index contributed by atoms with van der Waals surface area (Å²) in [6.45, 7) is 11.9. The van der Waals surface area contributed by atoms with Crippen molar-refractivity contribution in [2.75, 3.05) is 30.3 Å². The summed E-state index contributed by atoms with van der Waals surface area (Å²) in [6, 6.07) is 8.43. The number of rotatable bonds is 10. The molecule has 0 saturated heterocycles. The van der Waals surface area contributed by atoms with Gasteiger partial charge in [-0.05, 0) is 51.5 Å². The Morgan fingerprint density at radius 3 is 2.38 bits per heavy atom. The topological polar surface area (TPSA) is 63.1 Å². The third-order valence-corrected chi connectivity index (χ3v) is 5.16. The Morgan fingerprint density at radius 1 is 1.12 bits per heavy atom. The second kappa shape index (κ2) is 10.2. The van der Waals surface area contributed by atoms with E-state index in [0.29, 0.717) is 12.3 Å². The summed E-state index contributed by atoms with van der Waals surface area (Å²) in [5.74, 6) is 1.24. The van der Waals surface area contributed by atoms with Gasteiger partial charge in [0.15, 0.2) is 11.0 Å². The molecule has 0 aliphatic heterocycles. The number of amides is 1. The smallest absolute Gasteiger partial charge is 0.230 e. The summed E-state index contributed by atoms with van der Waals surface area (Å²) in [5.41, 5.74) is 2.25. The lowest BCUT2D eigenvalue weighted by Crippen LogP contribution is -2.25. The molecule has 0 fully saturated rings. The van der Waals surface area contributed by atoms with E-state index < -0.39 is 0 Å². The van der Waals surface area contributed by atoms with Crippen LogP contribution in [0.1, 0.15) is 34.1 Å². The molecule has 0 unspecified atom stereocenters. The van der Waals surface area contributed by atoms with Gasteiger partial charge >= 0.3 is 0 Å². The SMILES string of the molecule is CCCNC(=O)CSc1nnc(-c2ccc(N(CC)CC)cc2)n1CC. The monoisotopic (exact) mass is 375 g/mol. The highest BCUT2D eigenvalue weighted by Crippen LogP contribution is 2.26. The van der Waals surface area contributed by atoms with E-state index in [-0.39, 0.29) is 5.91 Å². The lowest BCUT2D eigenvalue weighted by atomic mass is 10.2. The average Bonchev–Trinajstić information content (AvgIpc) is 3.09. The molecule has 0 radical (unpaired) electrons. The first kappa shape index (κ1) is 20.3. The minimum atomic E-state index is 0.0348. The van der Waals surface area contributed by atoms with Gasteiger partial charge in [0, 0.05) is 37.4 Å². The Kier molecular flexibility index (Phi) is 7.97. The average molecular weight is 376 g/mol. The Balaban J connectivity index is 2.13. The minimum Gasteiger partial charge on any atom is -0.372 e. The van der Waals surface area contributed by atoms with Gasteiger partial charge in [-0.15, -0.1) is 10.2 Å². The number of thioether (sulfide) groups is 1. The number of hydrogen-bond acceptors (Lipinski definition) is 5. The lowest BCUT2D eigenvalue weighted by Gasteiger charge is -2.21. The van der Waals surface area contributed by atoms with Crippen LogP contribution in [0, 0.1) is 0 Å². The van der Waals surface area contributed by atoms with Gasteiger partial charge in [0.05, 0.1) is 5.75 Å². The zero-order chi connectivity index (χ0) is 18.9. The lowest BCUT2D eigenvalue weighted by molar-refractivity contribution is -0.118. The summed E-state index contributed by atoms with van der Waals surface area (Å²) in [6.07, 6.45) is 0.940. The number of anilines is 1. The van der Waals surface area contributed by atoms with Crippen molar-refractivity contribution in [2.24, 2.45) is 0 Å². The van der Waals surface area contributed by atoms with E-state index in [0.717, 1.165) is 42.6 Å². The molecule has 1 aromatic carbocycles. The molecule has 7 heteroatoms. The van der Waals surface area contributed by atoms with Crippen LogP contribution in [-0.4, -0.2) is 46.1 Å². The Bertz CT molecular complexity index is 694. The zero-order valence-electron chi connectivity index (χ0n) is 16.2. The second-order valence-electron chi connectivity index (χ2n) is 5.91. The number of nitrogens with zero attached hydrogens (tertiary/aromatic N) is 4. The van der Waals surface area contributed by atoms with Gasteiger partial charge in [-0.3, -0.25) is 4.79 Å². The van der Waals surface area contributed by atoms with Crippen molar-refractivity contribution in [3.8, 4) is 11.4 Å². The second-order valence-corrected chi connectivity index (χ2v) is 6.85. The van der Waals surface area contributed by atoms with Crippen molar-refractivity contribution in [3.05, 3.63) is 24.3 Å². The number of aromatic nitrogens is 3. The molecular formula is C19H29N5OS. The van der Waals surface area contributed by atoms with Gasteiger partial charge in [0.1, 0.15) is 0 Å². The summed E-state index contributed by atoms with van der Waals surface area (Å²) < 4.78 is 2.06. The normalized spacial score (nSPS) is 10.8. The van der Waals surface area contributed by atoms with Crippen LogP contribution in [-0.2, 0) is 11.3 Å². The maximum Gasteiger partial charge on any atom is 0.230 e. The molecular weight excluding hydrogens is 346 g/mol. The molecule has 142 valence electrons. The van der Waals surface area contributed by atoms with Crippen LogP contribution in [0.5, 0.6) is 0 Å². The molecule has 0 aliphatic carbocycles. The fourth-order valence-corrected chi connectivity index (χ4v) is 3.58. The Morgan fingerprint density at radius 2 is 1.81 bits per heavy atom. The van der Waals surface area contributed by atoms with Crippen molar-refractivity contribution in [3.63, 3.8) is 0 Å². The zero-order valence-corrected chi connectivity index (χ0v) is 17.0. The molecule has 0 saturated carbocycles.